The number of carbonyl (C=O) groups is 1. The predicted molar refractivity (Wildman–Crippen MR) is 79.4 cm³/mol. The first-order valence-electron chi connectivity index (χ1n) is 5.99. The lowest BCUT2D eigenvalue weighted by atomic mass is 10.3. The van der Waals surface area contributed by atoms with E-state index in [0.717, 1.165) is 5.75 Å². The molecule has 0 aliphatic carbocycles. The standard InChI is InChI=1S/C10H9N.C5H10OS/c1-2-6-10(7-3-1)11-8-4-5-9-11;1-3-7-4-5(2)6/h1-9H;3-4H2,1-2H3. The van der Waals surface area contributed by atoms with E-state index in [1.807, 2.05) is 49.6 Å². The van der Waals surface area contributed by atoms with Gasteiger partial charge in [-0.05, 0) is 36.9 Å². The van der Waals surface area contributed by atoms with Gasteiger partial charge in [-0.25, -0.2) is 0 Å². The maximum Gasteiger partial charge on any atom is 0.139 e. The number of ketones is 1. The van der Waals surface area contributed by atoms with E-state index in [9.17, 15) is 4.79 Å². The summed E-state index contributed by atoms with van der Waals surface area (Å²) in [4.78, 5) is 10.2. The smallest absolute Gasteiger partial charge is 0.139 e. The molecule has 18 heavy (non-hydrogen) atoms. The lowest BCUT2D eigenvalue weighted by molar-refractivity contribution is -0.114. The summed E-state index contributed by atoms with van der Waals surface area (Å²) < 4.78 is 2.08. The average molecular weight is 261 g/mol. The maximum atomic E-state index is 10.2. The molecule has 0 spiro atoms. The Balaban J connectivity index is 0.000000203. The number of hydrogen-bond donors (Lipinski definition) is 0. The summed E-state index contributed by atoms with van der Waals surface area (Å²) in [6.45, 7) is 3.66. The van der Waals surface area contributed by atoms with Crippen molar-refractivity contribution in [2.45, 2.75) is 13.8 Å². The molecule has 0 atom stereocenters. The second-order valence-electron chi connectivity index (χ2n) is 3.77. The minimum atomic E-state index is 0.270. The van der Waals surface area contributed by atoms with Gasteiger partial charge in [-0.2, -0.15) is 11.8 Å². The molecule has 0 unspecified atom stereocenters. The number of aromatic nitrogens is 1. The van der Waals surface area contributed by atoms with Gasteiger partial charge in [0, 0.05) is 18.1 Å². The third-order valence-corrected chi connectivity index (χ3v) is 3.19. The Kier molecular flexibility index (Phi) is 6.96. The van der Waals surface area contributed by atoms with Gasteiger partial charge in [0.25, 0.3) is 0 Å². The predicted octanol–water partition coefficient (Wildman–Crippen LogP) is 3.81. The first-order chi connectivity index (χ1) is 8.74. The fourth-order valence-electron chi connectivity index (χ4n) is 1.35. The van der Waals surface area contributed by atoms with Crippen LogP contribution in [0.1, 0.15) is 13.8 Å². The molecule has 2 rings (SSSR count). The van der Waals surface area contributed by atoms with Crippen LogP contribution in [0.5, 0.6) is 0 Å². The van der Waals surface area contributed by atoms with E-state index >= 15 is 0 Å². The molecule has 96 valence electrons. The van der Waals surface area contributed by atoms with Crippen LogP contribution in [0, 0.1) is 0 Å². The van der Waals surface area contributed by atoms with Gasteiger partial charge in [0.05, 0.1) is 5.75 Å². The molecular weight excluding hydrogens is 242 g/mol. The van der Waals surface area contributed by atoms with Crippen molar-refractivity contribution in [3.63, 3.8) is 0 Å². The van der Waals surface area contributed by atoms with Crippen LogP contribution < -0.4 is 0 Å². The zero-order chi connectivity index (χ0) is 13.2. The summed E-state index contributed by atoms with van der Waals surface area (Å²) in [6, 6.07) is 14.3. The molecule has 0 aliphatic rings. The number of nitrogens with zero attached hydrogens (tertiary/aromatic N) is 1. The Morgan fingerprint density at radius 1 is 1.11 bits per heavy atom. The number of Topliss-reactive ketones (excluding diaryl/α,β-unsaturated/α-hetero) is 1. The third kappa shape index (κ3) is 5.73. The molecule has 0 saturated heterocycles. The van der Waals surface area contributed by atoms with Crippen molar-refractivity contribution in [3.8, 4) is 5.69 Å². The van der Waals surface area contributed by atoms with Crippen molar-refractivity contribution < 1.29 is 4.79 Å². The van der Waals surface area contributed by atoms with E-state index in [1.54, 1.807) is 18.7 Å². The van der Waals surface area contributed by atoms with Crippen LogP contribution >= 0.6 is 11.8 Å². The number of thioether (sulfide) groups is 1. The van der Waals surface area contributed by atoms with E-state index in [-0.39, 0.29) is 5.78 Å². The van der Waals surface area contributed by atoms with Crippen molar-refractivity contribution in [1.82, 2.24) is 4.57 Å². The fourth-order valence-corrected chi connectivity index (χ4v) is 1.84. The van der Waals surface area contributed by atoms with Gasteiger partial charge >= 0.3 is 0 Å². The summed E-state index contributed by atoms with van der Waals surface area (Å²) in [5, 5.41) is 0. The van der Waals surface area contributed by atoms with Crippen LogP contribution in [-0.2, 0) is 4.79 Å². The lowest BCUT2D eigenvalue weighted by Gasteiger charge is -1.99. The largest absolute Gasteiger partial charge is 0.324 e. The molecular formula is C15H19NOS. The second-order valence-corrected chi connectivity index (χ2v) is 5.04. The van der Waals surface area contributed by atoms with Gasteiger partial charge in [-0.1, -0.05) is 25.1 Å². The Morgan fingerprint density at radius 2 is 1.72 bits per heavy atom. The Bertz CT molecular complexity index is 437. The fraction of sp³-hybridized carbons (Fsp3) is 0.267. The molecule has 3 heteroatoms. The van der Waals surface area contributed by atoms with Crippen molar-refractivity contribution in [3.05, 3.63) is 54.9 Å². The number of para-hydroxylation sites is 1. The number of carbonyl (C=O) groups excluding carboxylic acids is 1. The van der Waals surface area contributed by atoms with Crippen LogP contribution in [0.25, 0.3) is 5.69 Å². The van der Waals surface area contributed by atoms with Gasteiger partial charge in [0.1, 0.15) is 5.78 Å². The monoisotopic (exact) mass is 261 g/mol. The third-order valence-electron chi connectivity index (χ3n) is 2.17. The average Bonchev–Trinajstić information content (AvgIpc) is 2.92. The van der Waals surface area contributed by atoms with Crippen LogP contribution in [0.15, 0.2) is 54.9 Å². The zero-order valence-electron chi connectivity index (χ0n) is 10.9. The molecule has 0 amide bonds. The van der Waals surface area contributed by atoms with Crippen LogP contribution in [-0.4, -0.2) is 21.9 Å². The normalized spacial score (nSPS) is 9.44. The molecule has 2 aromatic rings. The lowest BCUT2D eigenvalue weighted by Crippen LogP contribution is -1.92. The van der Waals surface area contributed by atoms with Gasteiger partial charge < -0.3 is 4.57 Å². The second kappa shape index (κ2) is 8.59. The molecule has 0 radical (unpaired) electrons. The van der Waals surface area contributed by atoms with Crippen molar-refractivity contribution >= 4 is 17.5 Å². The van der Waals surface area contributed by atoms with Gasteiger partial charge in [0.2, 0.25) is 0 Å². The molecule has 1 heterocycles. The molecule has 1 aromatic heterocycles. The highest BCUT2D eigenvalue weighted by Crippen LogP contribution is 2.05. The van der Waals surface area contributed by atoms with Gasteiger partial charge in [-0.15, -0.1) is 0 Å². The van der Waals surface area contributed by atoms with Crippen molar-refractivity contribution in [2.75, 3.05) is 11.5 Å². The first kappa shape index (κ1) is 14.6. The summed E-state index contributed by atoms with van der Waals surface area (Å²) in [5.41, 5.74) is 1.21. The van der Waals surface area contributed by atoms with Gasteiger partial charge in [0.15, 0.2) is 0 Å². The minimum absolute atomic E-state index is 0.270. The topological polar surface area (TPSA) is 22.0 Å². The quantitative estimate of drug-likeness (QED) is 0.835. The summed E-state index contributed by atoms with van der Waals surface area (Å²) in [5.74, 6) is 1.99. The first-order valence-corrected chi connectivity index (χ1v) is 7.15. The van der Waals surface area contributed by atoms with Crippen LogP contribution in [0.3, 0.4) is 0 Å². The van der Waals surface area contributed by atoms with E-state index in [4.69, 9.17) is 0 Å². The van der Waals surface area contributed by atoms with Crippen LogP contribution in [0.4, 0.5) is 0 Å². The van der Waals surface area contributed by atoms with Crippen LogP contribution in [0.2, 0.25) is 0 Å². The molecule has 0 N–H and O–H groups in total. The molecule has 1 aromatic carbocycles. The highest BCUT2D eigenvalue weighted by Gasteiger charge is 1.89. The van der Waals surface area contributed by atoms with E-state index in [1.165, 1.54) is 5.69 Å². The van der Waals surface area contributed by atoms with E-state index < -0.39 is 0 Å². The maximum absolute atomic E-state index is 10.2. The zero-order valence-corrected chi connectivity index (χ0v) is 11.7. The SMILES string of the molecule is CCSCC(C)=O.c1ccc(-n2cccc2)cc1. The Morgan fingerprint density at radius 3 is 2.17 bits per heavy atom. The Hall–Kier alpha value is -1.48. The number of hydrogen-bond acceptors (Lipinski definition) is 2. The molecule has 0 fully saturated rings. The van der Waals surface area contributed by atoms with Crippen molar-refractivity contribution in [2.24, 2.45) is 0 Å². The van der Waals surface area contributed by atoms with E-state index in [2.05, 4.69) is 16.7 Å². The highest BCUT2D eigenvalue weighted by atomic mass is 32.2. The highest BCUT2D eigenvalue weighted by molar-refractivity contribution is 7.99. The molecule has 2 nitrogen and oxygen atoms in total. The molecule has 0 saturated carbocycles. The number of rotatable bonds is 4. The van der Waals surface area contributed by atoms with Gasteiger partial charge in [-0.3, -0.25) is 4.79 Å². The van der Waals surface area contributed by atoms with E-state index in [0.29, 0.717) is 5.75 Å². The summed E-state index contributed by atoms with van der Waals surface area (Å²) >= 11 is 1.67. The molecule has 0 bridgehead atoms. The number of benzene rings is 1. The molecule has 0 aliphatic heterocycles. The minimum Gasteiger partial charge on any atom is -0.324 e. The Labute approximate surface area is 113 Å². The summed E-state index contributed by atoms with van der Waals surface area (Å²) in [7, 11) is 0. The summed E-state index contributed by atoms with van der Waals surface area (Å²) in [6.07, 6.45) is 4.07. The van der Waals surface area contributed by atoms with Crippen molar-refractivity contribution in [1.29, 1.82) is 0 Å².